The average molecular weight is 383 g/mol. The van der Waals surface area contributed by atoms with Gasteiger partial charge in [-0.2, -0.15) is 18.2 Å². The van der Waals surface area contributed by atoms with Crippen LogP contribution in [0.4, 0.5) is 0 Å². The van der Waals surface area contributed by atoms with Gasteiger partial charge in [0.1, 0.15) is 5.75 Å². The van der Waals surface area contributed by atoms with Crippen molar-refractivity contribution in [2.24, 2.45) is 0 Å². The molecule has 1 unspecified atom stereocenters. The van der Waals surface area contributed by atoms with Crippen LogP contribution in [0.3, 0.4) is 0 Å². The molecule has 0 saturated carbocycles. The molecule has 5 heteroatoms. The smallest absolute Gasteiger partial charge is 0.226 e. The number of Topliss-reactive ketones (excluding diaryl/α,β-unsaturated/α-hetero) is 1. The number of hydrogen-bond donors (Lipinski definition) is 0. The molecule has 0 bridgehead atoms. The van der Waals surface area contributed by atoms with Crippen molar-refractivity contribution in [1.82, 2.24) is 4.90 Å². The maximum Gasteiger partial charge on any atom is 0.226 e. The number of amides is 1. The summed E-state index contributed by atoms with van der Waals surface area (Å²) in [6.07, 6.45) is 0. The molecule has 0 aliphatic carbocycles. The number of carbonyl (C=O) groups is 2. The molecule has 0 spiro atoms. The summed E-state index contributed by atoms with van der Waals surface area (Å²) in [6.45, 7) is 2.14. The van der Waals surface area contributed by atoms with Gasteiger partial charge in [0, 0.05) is 45.5 Å². The van der Waals surface area contributed by atoms with Crippen molar-refractivity contribution in [3.63, 3.8) is 0 Å². The van der Waals surface area contributed by atoms with Crippen LogP contribution in [0.2, 0.25) is 0 Å². The molecule has 3 rings (SSSR count). The second-order valence-electron chi connectivity index (χ2n) is 5.47. The van der Waals surface area contributed by atoms with Crippen LogP contribution in [-0.4, -0.2) is 30.2 Å². The van der Waals surface area contributed by atoms with Gasteiger partial charge in [-0.3, -0.25) is 9.59 Å². The predicted octanol–water partition coefficient (Wildman–Crippen LogP) is 2.71. The minimum Gasteiger partial charge on any atom is -0.483 e. The van der Waals surface area contributed by atoms with Crippen molar-refractivity contribution in [3.05, 3.63) is 59.7 Å². The Bertz CT molecular complexity index is 727. The number of ether oxygens (including phenoxy) is 1. The van der Waals surface area contributed by atoms with E-state index in [1.54, 1.807) is 25.2 Å². The van der Waals surface area contributed by atoms with Gasteiger partial charge in [0.25, 0.3) is 0 Å². The van der Waals surface area contributed by atoms with E-state index in [1.165, 1.54) is 4.90 Å². The fourth-order valence-electron chi connectivity index (χ4n) is 2.55. The fourth-order valence-corrected chi connectivity index (χ4v) is 2.55. The average Bonchev–Trinajstić information content (AvgIpc) is 2.75. The summed E-state index contributed by atoms with van der Waals surface area (Å²) >= 11 is 0. The van der Waals surface area contributed by atoms with E-state index in [0.29, 0.717) is 17.1 Å². The van der Waals surface area contributed by atoms with Gasteiger partial charge in [0.15, 0.2) is 5.78 Å². The minimum atomic E-state index is -0.789. The molecule has 1 aliphatic rings. The largest absolute Gasteiger partial charge is 0.483 e. The molecule has 23 heavy (non-hydrogen) atoms. The van der Waals surface area contributed by atoms with Gasteiger partial charge in [-0.15, -0.1) is 6.07 Å². The Morgan fingerprint density at radius 1 is 1.17 bits per heavy atom. The summed E-state index contributed by atoms with van der Waals surface area (Å²) in [4.78, 5) is 25.8. The molecular weight excluding hydrogens is 367 g/mol. The quantitative estimate of drug-likeness (QED) is 0.605. The van der Waals surface area contributed by atoms with Crippen molar-refractivity contribution >= 4 is 11.7 Å². The standard InChI is InChI=1S/C18H16NO3.Y/c1-12-7-9-13(10-8-12)22-16-6-4-3-5-14(16)17-15(20)11-19(2)18(17)21;/h4-10,17H,11H2,1-2H3;/q-1;. The third-order valence-corrected chi connectivity index (χ3v) is 3.75. The Morgan fingerprint density at radius 3 is 2.48 bits per heavy atom. The van der Waals surface area contributed by atoms with Gasteiger partial charge >= 0.3 is 0 Å². The van der Waals surface area contributed by atoms with Crippen LogP contribution in [0.25, 0.3) is 0 Å². The number of nitrogens with zero attached hydrogens (tertiary/aromatic N) is 1. The molecule has 1 atom stereocenters. The van der Waals surface area contributed by atoms with Gasteiger partial charge in [-0.1, -0.05) is 23.3 Å². The molecule has 0 aromatic heterocycles. The van der Waals surface area contributed by atoms with E-state index in [9.17, 15) is 9.59 Å². The maximum atomic E-state index is 12.2. The zero-order valence-corrected chi connectivity index (χ0v) is 15.9. The number of carbonyl (C=O) groups excluding carboxylic acids is 2. The Morgan fingerprint density at radius 2 is 1.87 bits per heavy atom. The van der Waals surface area contributed by atoms with E-state index in [2.05, 4.69) is 6.07 Å². The summed E-state index contributed by atoms with van der Waals surface area (Å²) in [5.74, 6) is 0.0935. The molecule has 2 aromatic carbocycles. The first-order chi connectivity index (χ1) is 10.6. The number of hydrogen-bond acceptors (Lipinski definition) is 3. The minimum absolute atomic E-state index is 0. The van der Waals surface area contributed by atoms with Crippen molar-refractivity contribution in [2.75, 3.05) is 13.6 Å². The van der Waals surface area contributed by atoms with Crippen LogP contribution in [0, 0.1) is 13.0 Å². The zero-order valence-electron chi connectivity index (χ0n) is 13.1. The molecular formula is C18H16NO3Y-. The molecule has 0 N–H and O–H groups in total. The van der Waals surface area contributed by atoms with E-state index < -0.39 is 5.92 Å². The Labute approximate surface area is 160 Å². The Balaban J connectivity index is 0.00000192. The molecule has 2 aromatic rings. The Kier molecular flexibility index (Phi) is 5.71. The summed E-state index contributed by atoms with van der Waals surface area (Å²) in [5, 5.41) is 0. The molecule has 1 radical (unpaired) electrons. The van der Waals surface area contributed by atoms with Gasteiger partial charge < -0.3 is 9.64 Å². The van der Waals surface area contributed by atoms with E-state index in [4.69, 9.17) is 4.74 Å². The second-order valence-corrected chi connectivity index (χ2v) is 5.47. The monoisotopic (exact) mass is 383 g/mol. The van der Waals surface area contributed by atoms with Gasteiger partial charge in [0.05, 0.1) is 12.5 Å². The topological polar surface area (TPSA) is 46.6 Å². The van der Waals surface area contributed by atoms with Crippen molar-refractivity contribution in [3.8, 4) is 11.5 Å². The number of benzene rings is 2. The van der Waals surface area contributed by atoms with Crippen LogP contribution in [0.1, 0.15) is 17.0 Å². The molecule has 115 valence electrons. The van der Waals surface area contributed by atoms with Crippen LogP contribution in [0.15, 0.2) is 42.5 Å². The molecule has 1 aliphatic heterocycles. The van der Waals surface area contributed by atoms with Crippen LogP contribution < -0.4 is 4.74 Å². The summed E-state index contributed by atoms with van der Waals surface area (Å²) in [5.41, 5.74) is 1.71. The number of ketones is 1. The van der Waals surface area contributed by atoms with Crippen LogP contribution in [-0.2, 0) is 42.3 Å². The predicted molar refractivity (Wildman–Crippen MR) is 81.9 cm³/mol. The summed E-state index contributed by atoms with van der Waals surface area (Å²) in [7, 11) is 1.63. The first-order valence-corrected chi connectivity index (χ1v) is 7.08. The Hall–Kier alpha value is -1.52. The SMILES string of the molecule is Cc1ccc(Oc2cc[c-]cc2C2C(=O)CN(C)C2=O)cc1.[Y]. The number of likely N-dealkylation sites (tertiary alicyclic amines) is 1. The molecule has 4 nitrogen and oxygen atoms in total. The fraction of sp³-hybridized carbons (Fsp3) is 0.222. The van der Waals surface area contributed by atoms with E-state index in [1.807, 2.05) is 31.2 Å². The summed E-state index contributed by atoms with van der Waals surface area (Å²) < 4.78 is 5.87. The third kappa shape index (κ3) is 3.70. The van der Waals surface area contributed by atoms with Gasteiger partial charge in [0.2, 0.25) is 5.91 Å². The number of aryl methyl sites for hydroxylation is 1. The number of rotatable bonds is 3. The van der Waals surface area contributed by atoms with Crippen LogP contribution in [0.5, 0.6) is 11.5 Å². The van der Waals surface area contributed by atoms with Crippen LogP contribution >= 0.6 is 0 Å². The molecule has 1 amide bonds. The molecule has 1 saturated heterocycles. The van der Waals surface area contributed by atoms with Crippen molar-refractivity contribution in [2.45, 2.75) is 12.8 Å². The van der Waals surface area contributed by atoms with Crippen molar-refractivity contribution in [1.29, 1.82) is 0 Å². The van der Waals surface area contributed by atoms with E-state index >= 15 is 0 Å². The van der Waals surface area contributed by atoms with Gasteiger partial charge in [-0.05, 0) is 19.1 Å². The van der Waals surface area contributed by atoms with E-state index in [-0.39, 0.29) is 50.9 Å². The van der Waals surface area contributed by atoms with Crippen molar-refractivity contribution < 1.29 is 47.0 Å². The number of likely N-dealkylation sites (N-methyl/N-ethyl adjacent to an activating group) is 1. The second kappa shape index (κ2) is 7.37. The normalized spacial score (nSPS) is 17.1. The van der Waals surface area contributed by atoms with Gasteiger partial charge in [-0.25, -0.2) is 0 Å². The molecule has 1 fully saturated rings. The first kappa shape index (κ1) is 17.8. The maximum absolute atomic E-state index is 12.2. The third-order valence-electron chi connectivity index (χ3n) is 3.75. The van der Waals surface area contributed by atoms with E-state index in [0.717, 1.165) is 5.56 Å². The zero-order chi connectivity index (χ0) is 15.7. The summed E-state index contributed by atoms with van der Waals surface area (Å²) in [6, 6.07) is 15.6. The first-order valence-electron chi connectivity index (χ1n) is 7.08. The molecule has 1 heterocycles.